The van der Waals surface area contributed by atoms with Crippen molar-refractivity contribution in [1.82, 2.24) is 15.5 Å². The first-order valence-electron chi connectivity index (χ1n) is 10.4. The monoisotopic (exact) mass is 415 g/mol. The summed E-state index contributed by atoms with van der Waals surface area (Å²) in [5.74, 6) is -0.827. The van der Waals surface area contributed by atoms with Gasteiger partial charge in [-0.2, -0.15) is 0 Å². The van der Waals surface area contributed by atoms with Gasteiger partial charge in [0.05, 0.1) is 0 Å². The number of hydrogen-bond donors (Lipinski definition) is 2. The second-order valence-corrected chi connectivity index (χ2v) is 8.41. The van der Waals surface area contributed by atoms with E-state index in [1.807, 2.05) is 6.07 Å². The van der Waals surface area contributed by atoms with E-state index in [1.54, 1.807) is 31.2 Å². The molecule has 2 fully saturated rings. The van der Waals surface area contributed by atoms with Crippen LogP contribution in [0.2, 0.25) is 0 Å². The summed E-state index contributed by atoms with van der Waals surface area (Å²) in [6.45, 7) is 4.90. The van der Waals surface area contributed by atoms with Crippen molar-refractivity contribution in [3.8, 4) is 0 Å². The fraction of sp³-hybridized carbons (Fsp3) is 0.545. The average molecular weight is 415 g/mol. The second-order valence-electron chi connectivity index (χ2n) is 8.41. The topological polar surface area (TPSA) is 105 Å². The highest BCUT2D eigenvalue weighted by Gasteiger charge is 2.49. The van der Waals surface area contributed by atoms with Gasteiger partial charge < -0.3 is 15.4 Å². The number of hydrogen-bond acceptors (Lipinski definition) is 5. The molecule has 3 rings (SSSR count). The van der Waals surface area contributed by atoms with E-state index in [-0.39, 0.29) is 11.9 Å². The summed E-state index contributed by atoms with van der Waals surface area (Å²) in [7, 11) is 0. The smallest absolute Gasteiger partial charge is 0.326 e. The minimum absolute atomic E-state index is 0.0671. The molecule has 1 heterocycles. The molecule has 4 atom stereocenters. The molecule has 2 N–H and O–H groups in total. The highest BCUT2D eigenvalue weighted by atomic mass is 16.5. The van der Waals surface area contributed by atoms with Crippen LogP contribution in [0.15, 0.2) is 30.3 Å². The Morgan fingerprint density at radius 2 is 1.90 bits per heavy atom. The third-order valence-electron chi connectivity index (χ3n) is 6.33. The van der Waals surface area contributed by atoms with Gasteiger partial charge in [-0.25, -0.2) is 4.79 Å². The summed E-state index contributed by atoms with van der Waals surface area (Å²) in [5.41, 5.74) is -0.626. The molecule has 1 aromatic rings. The maximum atomic E-state index is 12.8. The molecule has 0 radical (unpaired) electrons. The van der Waals surface area contributed by atoms with Crippen molar-refractivity contribution in [2.24, 2.45) is 11.8 Å². The maximum absolute atomic E-state index is 12.8. The molecule has 1 saturated carbocycles. The van der Waals surface area contributed by atoms with Gasteiger partial charge in [-0.3, -0.25) is 19.3 Å². The number of ether oxygens (including phenoxy) is 1. The quantitative estimate of drug-likeness (QED) is 0.546. The van der Waals surface area contributed by atoms with Gasteiger partial charge in [0.15, 0.2) is 6.61 Å². The van der Waals surface area contributed by atoms with E-state index in [9.17, 15) is 19.2 Å². The van der Waals surface area contributed by atoms with E-state index in [2.05, 4.69) is 24.5 Å². The number of carbonyl (C=O) groups excluding carboxylic acids is 4. The summed E-state index contributed by atoms with van der Waals surface area (Å²) in [4.78, 5) is 50.2. The van der Waals surface area contributed by atoms with E-state index < -0.39 is 36.6 Å². The fourth-order valence-electron chi connectivity index (χ4n) is 4.16. The van der Waals surface area contributed by atoms with Gasteiger partial charge in [0, 0.05) is 6.04 Å². The van der Waals surface area contributed by atoms with Crippen molar-refractivity contribution in [1.29, 1.82) is 0 Å². The van der Waals surface area contributed by atoms with Gasteiger partial charge >= 0.3 is 12.0 Å². The molecular weight excluding hydrogens is 386 g/mol. The predicted octanol–water partition coefficient (Wildman–Crippen LogP) is 1.94. The predicted molar refractivity (Wildman–Crippen MR) is 109 cm³/mol. The molecule has 30 heavy (non-hydrogen) atoms. The Bertz CT molecular complexity index is 827. The zero-order valence-corrected chi connectivity index (χ0v) is 17.6. The molecule has 8 heteroatoms. The van der Waals surface area contributed by atoms with Crippen molar-refractivity contribution in [3.63, 3.8) is 0 Å². The molecule has 0 aromatic heterocycles. The van der Waals surface area contributed by atoms with E-state index in [0.29, 0.717) is 17.4 Å². The van der Waals surface area contributed by atoms with Crippen LogP contribution in [-0.2, 0) is 24.7 Å². The van der Waals surface area contributed by atoms with Gasteiger partial charge in [0.1, 0.15) is 12.1 Å². The lowest BCUT2D eigenvalue weighted by molar-refractivity contribution is -0.151. The fourth-order valence-corrected chi connectivity index (χ4v) is 4.16. The van der Waals surface area contributed by atoms with Crippen LogP contribution in [0.5, 0.6) is 0 Å². The Morgan fingerprint density at radius 1 is 1.20 bits per heavy atom. The van der Waals surface area contributed by atoms with E-state index in [0.717, 1.165) is 24.2 Å². The second kappa shape index (κ2) is 8.85. The highest BCUT2D eigenvalue weighted by Crippen LogP contribution is 2.30. The molecule has 4 amide bonds. The minimum Gasteiger partial charge on any atom is -0.454 e. The van der Waals surface area contributed by atoms with Crippen molar-refractivity contribution in [3.05, 3.63) is 35.9 Å². The third kappa shape index (κ3) is 4.47. The van der Waals surface area contributed by atoms with Gasteiger partial charge in [-0.05, 0) is 30.7 Å². The SMILES string of the molecule is C[C@@H]1[C@H](C)CCC[C@H]1NC(=O)COC(=O)CN1C(=O)N[C@](C)(c2ccccc2)C1=O. The first kappa shape index (κ1) is 21.8. The van der Waals surface area contributed by atoms with E-state index >= 15 is 0 Å². The van der Waals surface area contributed by atoms with Crippen LogP contribution >= 0.6 is 0 Å². The summed E-state index contributed by atoms with van der Waals surface area (Å²) in [6, 6.07) is 8.21. The van der Waals surface area contributed by atoms with Crippen LogP contribution < -0.4 is 10.6 Å². The standard InChI is InChI=1S/C22H29N3O5/c1-14-8-7-11-17(15(14)2)23-18(26)13-30-19(27)12-25-20(28)22(3,24-21(25)29)16-9-5-4-6-10-16/h4-6,9-10,14-15,17H,7-8,11-13H2,1-3H3,(H,23,26)(H,24,29)/t14-,15-,17-,22-/m1/s1. The van der Waals surface area contributed by atoms with Gasteiger partial charge in [-0.1, -0.05) is 57.0 Å². The minimum atomic E-state index is -1.25. The molecule has 2 aliphatic rings. The molecule has 162 valence electrons. The molecule has 1 aliphatic heterocycles. The highest BCUT2D eigenvalue weighted by molar-refractivity contribution is 6.08. The Labute approximate surface area is 176 Å². The number of rotatable bonds is 6. The average Bonchev–Trinajstić information content (AvgIpc) is 2.94. The van der Waals surface area contributed by atoms with Crippen LogP contribution in [0.1, 0.15) is 45.6 Å². The largest absolute Gasteiger partial charge is 0.454 e. The number of imide groups is 1. The van der Waals surface area contributed by atoms with Gasteiger partial charge in [0.25, 0.3) is 11.8 Å². The van der Waals surface area contributed by atoms with Crippen molar-refractivity contribution >= 4 is 23.8 Å². The first-order chi connectivity index (χ1) is 14.2. The molecule has 1 aromatic carbocycles. The molecule has 1 saturated heterocycles. The number of nitrogens with zero attached hydrogens (tertiary/aromatic N) is 1. The first-order valence-corrected chi connectivity index (χ1v) is 10.4. The lowest BCUT2D eigenvalue weighted by Gasteiger charge is -2.34. The van der Waals surface area contributed by atoms with Gasteiger partial charge in [0.2, 0.25) is 0 Å². The zero-order valence-electron chi connectivity index (χ0n) is 17.6. The van der Waals surface area contributed by atoms with Crippen molar-refractivity contribution in [2.45, 2.75) is 51.6 Å². The molecule has 0 bridgehead atoms. The van der Waals surface area contributed by atoms with Gasteiger partial charge in [-0.15, -0.1) is 0 Å². The summed E-state index contributed by atoms with van der Waals surface area (Å²) < 4.78 is 5.02. The number of benzene rings is 1. The maximum Gasteiger partial charge on any atom is 0.326 e. The number of nitrogens with one attached hydrogen (secondary N) is 2. The van der Waals surface area contributed by atoms with E-state index in [1.165, 1.54) is 0 Å². The lowest BCUT2D eigenvalue weighted by Crippen LogP contribution is -2.45. The third-order valence-corrected chi connectivity index (χ3v) is 6.33. The number of urea groups is 1. The number of esters is 1. The van der Waals surface area contributed by atoms with Crippen molar-refractivity contribution < 1.29 is 23.9 Å². The molecule has 0 unspecified atom stereocenters. The molecule has 1 aliphatic carbocycles. The number of carbonyl (C=O) groups is 4. The molecule has 8 nitrogen and oxygen atoms in total. The van der Waals surface area contributed by atoms with Crippen LogP contribution in [0.3, 0.4) is 0 Å². The summed E-state index contributed by atoms with van der Waals surface area (Å²) in [6.07, 6.45) is 3.12. The van der Waals surface area contributed by atoms with Crippen LogP contribution in [0, 0.1) is 11.8 Å². The van der Waals surface area contributed by atoms with Crippen molar-refractivity contribution in [2.75, 3.05) is 13.2 Å². The van der Waals surface area contributed by atoms with Crippen LogP contribution in [0.25, 0.3) is 0 Å². The van der Waals surface area contributed by atoms with E-state index in [4.69, 9.17) is 4.74 Å². The Kier molecular flexibility index (Phi) is 6.43. The Balaban J connectivity index is 1.52. The number of amides is 4. The Morgan fingerprint density at radius 3 is 2.60 bits per heavy atom. The zero-order chi connectivity index (χ0) is 21.9. The summed E-state index contributed by atoms with van der Waals surface area (Å²) in [5, 5.41) is 5.55. The molecule has 0 spiro atoms. The lowest BCUT2D eigenvalue weighted by atomic mass is 9.78. The summed E-state index contributed by atoms with van der Waals surface area (Å²) >= 11 is 0. The van der Waals surface area contributed by atoms with Crippen LogP contribution in [-0.4, -0.2) is 47.9 Å². The Hall–Kier alpha value is -2.90. The molecular formula is C22H29N3O5. The normalized spacial score (nSPS) is 28.8. The van der Waals surface area contributed by atoms with Crippen LogP contribution in [0.4, 0.5) is 4.79 Å².